The topological polar surface area (TPSA) is 32.3 Å². The molecule has 1 aliphatic rings. The minimum Gasteiger partial charge on any atom is -0.384 e. The van der Waals surface area contributed by atoms with E-state index in [0.717, 1.165) is 5.56 Å². The summed E-state index contributed by atoms with van der Waals surface area (Å²) in [4.78, 5) is 0. The van der Waals surface area contributed by atoms with Gasteiger partial charge in [0.2, 0.25) is 0 Å². The molecule has 2 N–H and O–H groups in total. The molecule has 2 heteroatoms. The number of nitrogens with one attached hydrogen (secondary N) is 1. The van der Waals surface area contributed by atoms with Gasteiger partial charge in [-0.15, -0.1) is 0 Å². The number of hydrogen-bond donors (Lipinski definition) is 2. The summed E-state index contributed by atoms with van der Waals surface area (Å²) in [5, 5.41) is 14.5. The average molecular weight is 261 g/mol. The van der Waals surface area contributed by atoms with Gasteiger partial charge >= 0.3 is 0 Å². The molecule has 0 aliphatic heterocycles. The number of benzene rings is 1. The van der Waals surface area contributed by atoms with Crippen LogP contribution in [-0.4, -0.2) is 17.7 Å². The SMILES string of the molecule is CC(C)c1ccc(C(O)(CNC2CC2)C(C)C)cc1. The summed E-state index contributed by atoms with van der Waals surface area (Å²) in [6.07, 6.45) is 2.50. The van der Waals surface area contributed by atoms with E-state index in [1.165, 1.54) is 18.4 Å². The Morgan fingerprint density at radius 1 is 1.16 bits per heavy atom. The second-order valence-electron chi connectivity index (χ2n) is 6.51. The maximum Gasteiger partial charge on any atom is 0.104 e. The summed E-state index contributed by atoms with van der Waals surface area (Å²) in [7, 11) is 0. The van der Waals surface area contributed by atoms with Crippen LogP contribution in [0, 0.1) is 5.92 Å². The van der Waals surface area contributed by atoms with E-state index in [4.69, 9.17) is 0 Å². The summed E-state index contributed by atoms with van der Waals surface area (Å²) < 4.78 is 0. The van der Waals surface area contributed by atoms with Crippen molar-refractivity contribution in [2.45, 2.75) is 58.1 Å². The van der Waals surface area contributed by atoms with E-state index in [2.05, 4.69) is 57.3 Å². The largest absolute Gasteiger partial charge is 0.384 e. The molecule has 0 amide bonds. The summed E-state index contributed by atoms with van der Waals surface area (Å²) >= 11 is 0. The zero-order valence-electron chi connectivity index (χ0n) is 12.6. The fourth-order valence-electron chi connectivity index (χ4n) is 2.38. The van der Waals surface area contributed by atoms with Crippen LogP contribution < -0.4 is 5.32 Å². The molecule has 1 atom stereocenters. The molecule has 0 heterocycles. The van der Waals surface area contributed by atoms with Crippen LogP contribution in [0.3, 0.4) is 0 Å². The van der Waals surface area contributed by atoms with E-state index in [-0.39, 0.29) is 5.92 Å². The molecule has 0 radical (unpaired) electrons. The van der Waals surface area contributed by atoms with E-state index in [1.807, 2.05) is 0 Å². The quantitative estimate of drug-likeness (QED) is 0.822. The molecule has 0 aromatic heterocycles. The number of aliphatic hydroxyl groups is 1. The van der Waals surface area contributed by atoms with Crippen LogP contribution in [0.4, 0.5) is 0 Å². The third-order valence-corrected chi connectivity index (χ3v) is 4.27. The average Bonchev–Trinajstić information content (AvgIpc) is 3.20. The van der Waals surface area contributed by atoms with Crippen LogP contribution in [0.25, 0.3) is 0 Å². The summed E-state index contributed by atoms with van der Waals surface area (Å²) in [6.45, 7) is 9.21. The highest BCUT2D eigenvalue weighted by Crippen LogP contribution is 2.31. The Bertz CT molecular complexity index is 406. The van der Waals surface area contributed by atoms with Crippen LogP contribution in [0.1, 0.15) is 57.6 Å². The monoisotopic (exact) mass is 261 g/mol. The molecule has 1 aliphatic carbocycles. The summed E-state index contributed by atoms with van der Waals surface area (Å²) in [5.74, 6) is 0.731. The van der Waals surface area contributed by atoms with Gasteiger partial charge in [0, 0.05) is 12.6 Å². The number of rotatable bonds is 6. The molecule has 1 aromatic rings. The van der Waals surface area contributed by atoms with Crippen LogP contribution in [0.5, 0.6) is 0 Å². The first-order chi connectivity index (χ1) is 8.93. The van der Waals surface area contributed by atoms with E-state index in [1.54, 1.807) is 0 Å². The van der Waals surface area contributed by atoms with Gasteiger partial charge < -0.3 is 10.4 Å². The van der Waals surface area contributed by atoms with Gasteiger partial charge in [-0.2, -0.15) is 0 Å². The minimum atomic E-state index is -0.766. The highest BCUT2D eigenvalue weighted by atomic mass is 16.3. The Labute approximate surface area is 117 Å². The number of hydrogen-bond acceptors (Lipinski definition) is 2. The summed E-state index contributed by atoms with van der Waals surface area (Å²) in [5.41, 5.74) is 1.59. The van der Waals surface area contributed by atoms with Gasteiger partial charge in [0.15, 0.2) is 0 Å². The van der Waals surface area contributed by atoms with Gasteiger partial charge in [-0.3, -0.25) is 0 Å². The van der Waals surface area contributed by atoms with Crippen molar-refractivity contribution in [3.8, 4) is 0 Å². The smallest absolute Gasteiger partial charge is 0.104 e. The van der Waals surface area contributed by atoms with Crippen molar-refractivity contribution in [3.05, 3.63) is 35.4 Å². The van der Waals surface area contributed by atoms with Crippen LogP contribution in [0.15, 0.2) is 24.3 Å². The predicted molar refractivity (Wildman–Crippen MR) is 80.3 cm³/mol. The molecule has 0 saturated heterocycles. The maximum atomic E-state index is 11.0. The second-order valence-corrected chi connectivity index (χ2v) is 6.51. The zero-order valence-corrected chi connectivity index (χ0v) is 12.6. The molecule has 1 unspecified atom stereocenters. The lowest BCUT2D eigenvalue weighted by molar-refractivity contribution is -0.00955. The molecule has 0 bridgehead atoms. The zero-order chi connectivity index (χ0) is 14.0. The van der Waals surface area contributed by atoms with Gasteiger partial charge in [-0.1, -0.05) is 52.0 Å². The Hall–Kier alpha value is -0.860. The third kappa shape index (κ3) is 3.37. The van der Waals surface area contributed by atoms with Gasteiger partial charge in [-0.05, 0) is 35.8 Å². The van der Waals surface area contributed by atoms with Gasteiger partial charge in [0.25, 0.3) is 0 Å². The first-order valence-corrected chi connectivity index (χ1v) is 7.49. The van der Waals surface area contributed by atoms with E-state index in [0.29, 0.717) is 18.5 Å². The van der Waals surface area contributed by atoms with E-state index in [9.17, 15) is 5.11 Å². The van der Waals surface area contributed by atoms with Crippen molar-refractivity contribution < 1.29 is 5.11 Å². The summed E-state index contributed by atoms with van der Waals surface area (Å²) in [6, 6.07) is 9.09. The lowest BCUT2D eigenvalue weighted by atomic mass is 9.82. The molecular formula is C17H27NO. The highest BCUT2D eigenvalue weighted by Gasteiger charge is 2.35. The lowest BCUT2D eigenvalue weighted by Crippen LogP contribution is -2.43. The van der Waals surface area contributed by atoms with E-state index < -0.39 is 5.60 Å². The second kappa shape index (κ2) is 5.64. The molecule has 1 aromatic carbocycles. The lowest BCUT2D eigenvalue weighted by Gasteiger charge is -2.33. The Kier molecular flexibility index (Phi) is 4.32. The Balaban J connectivity index is 2.16. The Morgan fingerprint density at radius 2 is 1.74 bits per heavy atom. The molecule has 0 spiro atoms. The van der Waals surface area contributed by atoms with Crippen molar-refractivity contribution in [2.75, 3.05) is 6.54 Å². The molecular weight excluding hydrogens is 234 g/mol. The van der Waals surface area contributed by atoms with Gasteiger partial charge in [0.1, 0.15) is 5.60 Å². The molecule has 19 heavy (non-hydrogen) atoms. The van der Waals surface area contributed by atoms with Crippen LogP contribution in [0.2, 0.25) is 0 Å². The molecule has 2 nitrogen and oxygen atoms in total. The Morgan fingerprint density at radius 3 is 2.16 bits per heavy atom. The van der Waals surface area contributed by atoms with Crippen molar-refractivity contribution in [3.63, 3.8) is 0 Å². The van der Waals surface area contributed by atoms with E-state index >= 15 is 0 Å². The van der Waals surface area contributed by atoms with Crippen molar-refractivity contribution in [2.24, 2.45) is 5.92 Å². The fraction of sp³-hybridized carbons (Fsp3) is 0.647. The van der Waals surface area contributed by atoms with Crippen LogP contribution >= 0.6 is 0 Å². The van der Waals surface area contributed by atoms with Crippen molar-refractivity contribution in [1.29, 1.82) is 0 Å². The molecule has 1 fully saturated rings. The first-order valence-electron chi connectivity index (χ1n) is 7.49. The molecule has 106 valence electrons. The molecule has 2 rings (SSSR count). The first kappa shape index (κ1) is 14.5. The van der Waals surface area contributed by atoms with Crippen LogP contribution in [-0.2, 0) is 5.60 Å². The predicted octanol–water partition coefficient (Wildman–Crippen LogP) is 3.41. The van der Waals surface area contributed by atoms with Gasteiger partial charge in [0.05, 0.1) is 0 Å². The normalized spacial score (nSPS) is 18.9. The molecule has 1 saturated carbocycles. The highest BCUT2D eigenvalue weighted by molar-refractivity contribution is 5.29. The minimum absolute atomic E-state index is 0.198. The van der Waals surface area contributed by atoms with Gasteiger partial charge in [-0.25, -0.2) is 0 Å². The fourth-order valence-corrected chi connectivity index (χ4v) is 2.38. The van der Waals surface area contributed by atoms with Crippen molar-refractivity contribution in [1.82, 2.24) is 5.32 Å². The third-order valence-electron chi connectivity index (χ3n) is 4.27. The maximum absolute atomic E-state index is 11.0. The standard InChI is InChI=1S/C17H27NO/c1-12(2)14-5-7-15(8-6-14)17(19,13(3)4)11-18-16-9-10-16/h5-8,12-13,16,18-19H,9-11H2,1-4H3. The van der Waals surface area contributed by atoms with Crippen molar-refractivity contribution >= 4 is 0 Å².